The normalized spacial score (nSPS) is 10.5. The van der Waals surface area contributed by atoms with Crippen molar-refractivity contribution in [1.29, 1.82) is 0 Å². The number of ether oxygens (including phenoxy) is 3. The number of nitrogens with one attached hydrogen (secondary N) is 2. The smallest absolute Gasteiger partial charge is 0.316 e. The number of hydrogen-bond donors (Lipinski definition) is 2. The van der Waals surface area contributed by atoms with E-state index >= 15 is 0 Å². The summed E-state index contributed by atoms with van der Waals surface area (Å²) >= 11 is 17.2. The molecule has 0 bridgehead atoms. The number of nitrogens with zero attached hydrogens (tertiary/aromatic N) is 5. The van der Waals surface area contributed by atoms with Gasteiger partial charge < -0.3 is 28.7 Å². The Kier molecular flexibility index (Phi) is 15.3. The molecule has 306 valence electrons. The number of anilines is 2. The number of methoxy groups -OCH3 is 3. The van der Waals surface area contributed by atoms with Crippen LogP contribution in [0.25, 0.3) is 0 Å². The summed E-state index contributed by atoms with van der Waals surface area (Å²) in [5.74, 6) is -8.20. The summed E-state index contributed by atoms with van der Waals surface area (Å²) in [6.07, 6.45) is 3.86. The molecule has 13 nitrogen and oxygen atoms in total. The zero-order chi connectivity index (χ0) is 42.8. The molecule has 22 heteroatoms. The predicted molar refractivity (Wildman–Crippen MR) is 202 cm³/mol. The standard InChI is InChI=1S/C19H15ClF3N3O2.C12H8ClF3N2O2.C5H5ClN2O2/c1-10-12(20)4-3-5-15(10)24-19-25-18(27)16(28-2)9-26(19)8-11-6-13(21)17(23)14(22)7-11;1-20-9-5-18(12(13)17-11(9)19)4-6-2-7(14)10(16)8(15)3-6;1-10-3-2-7-5(6)8-4(3)9/h3-7,9H,8H2,1-2H3,(H,24,25,27);2-3,5H,4H2,1H3;2H,1H3,(H,7,8,9). The quantitative estimate of drug-likeness (QED) is 0.0864. The molecule has 0 atom stereocenters. The van der Waals surface area contributed by atoms with E-state index < -0.39 is 46.0 Å². The maximum Gasteiger partial charge on any atom is 0.316 e. The van der Waals surface area contributed by atoms with Crippen molar-refractivity contribution in [2.45, 2.75) is 20.0 Å². The van der Waals surface area contributed by atoms with Crippen LogP contribution in [0.3, 0.4) is 0 Å². The van der Waals surface area contributed by atoms with Gasteiger partial charge in [0, 0.05) is 10.7 Å². The molecule has 6 aromatic rings. The van der Waals surface area contributed by atoms with Crippen LogP contribution in [0.5, 0.6) is 17.2 Å². The molecule has 3 aromatic heterocycles. The van der Waals surface area contributed by atoms with Crippen molar-refractivity contribution in [2.24, 2.45) is 0 Å². The number of aromatic nitrogens is 6. The minimum absolute atomic E-state index is 0.0589. The number of rotatable bonds is 9. The SMILES string of the molecule is COc1cn(Cc2cc(F)c(F)c(F)c2)c(Cl)nc1=O.COc1cn(Cc2cc(F)c(F)c(F)c2)c(Nc2cccc(Cl)c2C)nc1=O.COc1cnc(Cl)[nH]c1=O. The maximum absolute atomic E-state index is 13.6. The molecule has 0 spiro atoms. The molecule has 6 rings (SSSR count). The van der Waals surface area contributed by atoms with Crippen molar-refractivity contribution in [3.05, 3.63) is 159 Å². The van der Waals surface area contributed by atoms with Gasteiger partial charge in [-0.1, -0.05) is 17.7 Å². The highest BCUT2D eigenvalue weighted by molar-refractivity contribution is 6.31. The molecule has 0 aliphatic rings. The van der Waals surface area contributed by atoms with E-state index in [1.807, 2.05) is 0 Å². The van der Waals surface area contributed by atoms with Gasteiger partial charge in [0.2, 0.25) is 33.8 Å². The van der Waals surface area contributed by atoms with E-state index in [2.05, 4.69) is 30.0 Å². The third-order valence-corrected chi connectivity index (χ3v) is 8.48. The van der Waals surface area contributed by atoms with Gasteiger partial charge in [-0.05, 0) is 83.2 Å². The Bertz CT molecular complexity index is 2580. The molecular weight excluding hydrogens is 847 g/mol. The van der Waals surface area contributed by atoms with Gasteiger partial charge in [0.25, 0.3) is 5.56 Å². The maximum atomic E-state index is 13.6. The summed E-state index contributed by atoms with van der Waals surface area (Å²) in [5.41, 5.74) is -0.0925. The Hall–Kier alpha value is -6.05. The lowest BCUT2D eigenvalue weighted by molar-refractivity contribution is 0.401. The summed E-state index contributed by atoms with van der Waals surface area (Å²) in [6.45, 7) is 1.58. The van der Waals surface area contributed by atoms with E-state index in [1.165, 1.54) is 49.1 Å². The van der Waals surface area contributed by atoms with Gasteiger partial charge >= 0.3 is 11.1 Å². The molecule has 2 N–H and O–H groups in total. The number of benzene rings is 3. The predicted octanol–water partition coefficient (Wildman–Crippen LogP) is 7.23. The first kappa shape index (κ1) is 44.7. The molecule has 0 aliphatic carbocycles. The molecule has 3 aromatic carbocycles. The molecule has 0 unspecified atom stereocenters. The highest BCUT2D eigenvalue weighted by Crippen LogP contribution is 2.26. The third-order valence-electron chi connectivity index (χ3n) is 7.58. The van der Waals surface area contributed by atoms with Crippen molar-refractivity contribution < 1.29 is 40.6 Å². The number of aromatic amines is 1. The number of hydrogen-bond acceptors (Lipinski definition) is 10. The Morgan fingerprint density at radius 1 is 0.707 bits per heavy atom. The van der Waals surface area contributed by atoms with E-state index in [0.29, 0.717) is 10.7 Å². The summed E-state index contributed by atoms with van der Waals surface area (Å²) in [4.78, 5) is 47.5. The second kappa shape index (κ2) is 19.9. The summed E-state index contributed by atoms with van der Waals surface area (Å²) < 4.78 is 96.4. The van der Waals surface area contributed by atoms with Gasteiger partial charge in [-0.3, -0.25) is 19.4 Å². The van der Waals surface area contributed by atoms with Crippen molar-refractivity contribution >= 4 is 46.4 Å². The molecular formula is C36H28Cl3F6N7O6. The van der Waals surface area contributed by atoms with E-state index in [-0.39, 0.29) is 63.5 Å². The fourth-order valence-corrected chi connectivity index (χ4v) is 5.19. The van der Waals surface area contributed by atoms with E-state index in [9.17, 15) is 40.7 Å². The first-order valence-electron chi connectivity index (χ1n) is 16.0. The fraction of sp³-hybridized carbons (Fsp3) is 0.167. The topological polar surface area (TPSA) is 155 Å². The number of H-pyrrole nitrogens is 1. The van der Waals surface area contributed by atoms with Crippen LogP contribution in [-0.2, 0) is 13.1 Å². The lowest BCUT2D eigenvalue weighted by atomic mass is 10.2. The van der Waals surface area contributed by atoms with Crippen LogP contribution in [-0.4, -0.2) is 50.4 Å². The zero-order valence-electron chi connectivity index (χ0n) is 30.3. The van der Waals surface area contributed by atoms with Crippen LogP contribution in [0.1, 0.15) is 16.7 Å². The molecule has 0 radical (unpaired) electrons. The zero-order valence-corrected chi connectivity index (χ0v) is 32.5. The van der Waals surface area contributed by atoms with Gasteiger partial charge in [-0.15, -0.1) is 0 Å². The Morgan fingerprint density at radius 2 is 1.19 bits per heavy atom. The van der Waals surface area contributed by atoms with Crippen LogP contribution >= 0.6 is 34.8 Å². The van der Waals surface area contributed by atoms with Gasteiger partial charge in [0.1, 0.15) is 0 Å². The van der Waals surface area contributed by atoms with Crippen molar-refractivity contribution in [3.63, 3.8) is 0 Å². The van der Waals surface area contributed by atoms with E-state index in [4.69, 9.17) is 44.3 Å². The molecule has 0 fully saturated rings. The van der Waals surface area contributed by atoms with Crippen molar-refractivity contribution in [3.8, 4) is 17.2 Å². The monoisotopic (exact) mass is 873 g/mol. The van der Waals surface area contributed by atoms with Crippen molar-refractivity contribution in [2.75, 3.05) is 26.6 Å². The highest BCUT2D eigenvalue weighted by Gasteiger charge is 2.16. The second-order valence-electron chi connectivity index (χ2n) is 11.4. The first-order valence-corrected chi connectivity index (χ1v) is 17.1. The van der Waals surface area contributed by atoms with Crippen LogP contribution < -0.4 is 36.2 Å². The van der Waals surface area contributed by atoms with Crippen LogP contribution in [0.2, 0.25) is 15.6 Å². The molecule has 58 heavy (non-hydrogen) atoms. The van der Waals surface area contributed by atoms with E-state index in [0.717, 1.165) is 29.8 Å². The molecule has 0 aliphatic heterocycles. The Labute approximate surface area is 338 Å². The highest BCUT2D eigenvalue weighted by atomic mass is 35.5. The molecule has 0 saturated heterocycles. The third kappa shape index (κ3) is 11.3. The summed E-state index contributed by atoms with van der Waals surface area (Å²) in [5, 5.41) is 3.38. The minimum Gasteiger partial charge on any atom is -0.490 e. The Morgan fingerprint density at radius 3 is 1.69 bits per heavy atom. The minimum atomic E-state index is -1.55. The molecule has 0 saturated carbocycles. The van der Waals surface area contributed by atoms with Gasteiger partial charge in [-0.2, -0.15) is 9.97 Å². The largest absolute Gasteiger partial charge is 0.490 e. The number of halogens is 9. The van der Waals surface area contributed by atoms with Gasteiger partial charge in [0.05, 0.1) is 53.0 Å². The first-order chi connectivity index (χ1) is 27.4. The van der Waals surface area contributed by atoms with Gasteiger partial charge in [-0.25, -0.2) is 31.3 Å². The average molecular weight is 875 g/mol. The average Bonchev–Trinajstić information content (AvgIpc) is 3.17. The Balaban J connectivity index is 0.000000215. The fourth-order valence-electron chi connectivity index (χ4n) is 4.70. The van der Waals surface area contributed by atoms with Gasteiger partial charge in [0.15, 0.2) is 34.9 Å². The summed E-state index contributed by atoms with van der Waals surface area (Å²) in [6, 6.07) is 8.57. The van der Waals surface area contributed by atoms with Crippen LogP contribution in [0.4, 0.5) is 38.0 Å². The molecule has 3 heterocycles. The van der Waals surface area contributed by atoms with Crippen molar-refractivity contribution in [1.82, 2.24) is 29.1 Å². The lowest BCUT2D eigenvalue weighted by Crippen LogP contribution is -2.19. The van der Waals surface area contributed by atoms with Crippen LogP contribution in [0.15, 0.2) is 75.4 Å². The molecule has 0 amide bonds. The second-order valence-corrected chi connectivity index (χ2v) is 12.5. The van der Waals surface area contributed by atoms with E-state index in [1.54, 1.807) is 25.1 Å². The lowest BCUT2D eigenvalue weighted by Gasteiger charge is -2.17. The van der Waals surface area contributed by atoms with Crippen LogP contribution in [0, 0.1) is 41.8 Å². The summed E-state index contributed by atoms with van der Waals surface area (Å²) in [7, 11) is 3.96.